The molecule has 18 heavy (non-hydrogen) atoms. The van der Waals surface area contributed by atoms with Crippen molar-refractivity contribution in [2.75, 3.05) is 6.54 Å². The highest BCUT2D eigenvalue weighted by Crippen LogP contribution is 2.24. The van der Waals surface area contributed by atoms with Gasteiger partial charge in [-0.25, -0.2) is 4.98 Å². The summed E-state index contributed by atoms with van der Waals surface area (Å²) < 4.78 is 0. The standard InChI is InChI=1S/C14H25N3S/c1-3-8-17(9-13-10-18-11(2)16-13)14-6-4-12(15)5-7-14/h10,12,14H,3-9,15H2,1-2H3. The average Bonchev–Trinajstić information content (AvgIpc) is 2.75. The molecular formula is C14H25N3S. The molecule has 2 rings (SSSR count). The molecule has 0 amide bonds. The summed E-state index contributed by atoms with van der Waals surface area (Å²) in [5.74, 6) is 0. The van der Waals surface area contributed by atoms with Crippen molar-refractivity contribution in [3.63, 3.8) is 0 Å². The Morgan fingerprint density at radius 2 is 2.11 bits per heavy atom. The van der Waals surface area contributed by atoms with Gasteiger partial charge in [0.1, 0.15) is 0 Å². The van der Waals surface area contributed by atoms with Crippen LogP contribution in [0.3, 0.4) is 0 Å². The van der Waals surface area contributed by atoms with Gasteiger partial charge in [0.25, 0.3) is 0 Å². The molecule has 0 unspecified atom stereocenters. The van der Waals surface area contributed by atoms with Gasteiger partial charge in [0.2, 0.25) is 0 Å². The molecule has 102 valence electrons. The van der Waals surface area contributed by atoms with Gasteiger partial charge in [-0.2, -0.15) is 0 Å². The van der Waals surface area contributed by atoms with E-state index >= 15 is 0 Å². The highest BCUT2D eigenvalue weighted by molar-refractivity contribution is 7.09. The second kappa shape index (κ2) is 6.64. The largest absolute Gasteiger partial charge is 0.328 e. The monoisotopic (exact) mass is 267 g/mol. The number of hydrogen-bond acceptors (Lipinski definition) is 4. The normalized spacial score (nSPS) is 24.7. The van der Waals surface area contributed by atoms with Crippen LogP contribution in [0.2, 0.25) is 0 Å². The summed E-state index contributed by atoms with van der Waals surface area (Å²) in [7, 11) is 0. The smallest absolute Gasteiger partial charge is 0.0897 e. The molecule has 0 bridgehead atoms. The average molecular weight is 267 g/mol. The third-order valence-corrected chi connectivity index (χ3v) is 4.62. The molecule has 4 heteroatoms. The first-order chi connectivity index (χ1) is 8.69. The summed E-state index contributed by atoms with van der Waals surface area (Å²) in [6.07, 6.45) is 6.09. The maximum Gasteiger partial charge on any atom is 0.0897 e. The summed E-state index contributed by atoms with van der Waals surface area (Å²) in [5.41, 5.74) is 7.23. The van der Waals surface area contributed by atoms with E-state index in [-0.39, 0.29) is 0 Å². The summed E-state index contributed by atoms with van der Waals surface area (Å²) in [4.78, 5) is 7.21. The number of nitrogens with two attached hydrogens (primary N) is 1. The number of aryl methyl sites for hydroxylation is 1. The van der Waals surface area contributed by atoms with Crippen molar-refractivity contribution in [1.82, 2.24) is 9.88 Å². The van der Waals surface area contributed by atoms with E-state index in [1.165, 1.54) is 49.4 Å². The lowest BCUT2D eigenvalue weighted by Gasteiger charge is -2.35. The van der Waals surface area contributed by atoms with E-state index < -0.39 is 0 Å². The Labute approximate surface area is 114 Å². The Morgan fingerprint density at radius 1 is 1.39 bits per heavy atom. The zero-order valence-electron chi connectivity index (χ0n) is 11.6. The quantitative estimate of drug-likeness (QED) is 0.892. The summed E-state index contributed by atoms with van der Waals surface area (Å²) in [5, 5.41) is 3.37. The number of hydrogen-bond donors (Lipinski definition) is 1. The molecule has 1 heterocycles. The fraction of sp³-hybridized carbons (Fsp3) is 0.786. The van der Waals surface area contributed by atoms with Crippen LogP contribution in [-0.4, -0.2) is 28.5 Å². The molecule has 2 N–H and O–H groups in total. The van der Waals surface area contributed by atoms with E-state index in [1.807, 2.05) is 0 Å². The second-order valence-electron chi connectivity index (χ2n) is 5.40. The highest BCUT2D eigenvalue weighted by Gasteiger charge is 2.24. The lowest BCUT2D eigenvalue weighted by molar-refractivity contribution is 0.140. The van der Waals surface area contributed by atoms with Crippen LogP contribution in [0.1, 0.15) is 49.7 Å². The second-order valence-corrected chi connectivity index (χ2v) is 6.46. The van der Waals surface area contributed by atoms with Crippen molar-refractivity contribution in [3.8, 4) is 0 Å². The molecule has 1 aromatic heterocycles. The first-order valence-corrected chi connectivity index (χ1v) is 7.97. The van der Waals surface area contributed by atoms with Gasteiger partial charge in [0.15, 0.2) is 0 Å². The van der Waals surface area contributed by atoms with Crippen LogP contribution in [0.15, 0.2) is 5.38 Å². The van der Waals surface area contributed by atoms with Crippen molar-refractivity contribution < 1.29 is 0 Å². The van der Waals surface area contributed by atoms with E-state index in [9.17, 15) is 0 Å². The van der Waals surface area contributed by atoms with Crippen LogP contribution in [0.25, 0.3) is 0 Å². The van der Waals surface area contributed by atoms with Crippen LogP contribution >= 0.6 is 11.3 Å². The predicted octanol–water partition coefficient (Wildman–Crippen LogP) is 2.93. The minimum Gasteiger partial charge on any atom is -0.328 e. The number of aromatic nitrogens is 1. The molecule has 0 spiro atoms. The third-order valence-electron chi connectivity index (χ3n) is 3.80. The Morgan fingerprint density at radius 3 is 2.67 bits per heavy atom. The molecule has 1 aromatic rings. The van der Waals surface area contributed by atoms with Gasteiger partial charge in [0, 0.05) is 24.0 Å². The van der Waals surface area contributed by atoms with Crippen LogP contribution in [-0.2, 0) is 6.54 Å². The Hall–Kier alpha value is -0.450. The van der Waals surface area contributed by atoms with E-state index in [2.05, 4.69) is 29.1 Å². The van der Waals surface area contributed by atoms with Gasteiger partial charge < -0.3 is 5.73 Å². The van der Waals surface area contributed by atoms with Gasteiger partial charge in [-0.1, -0.05) is 6.92 Å². The third kappa shape index (κ3) is 3.77. The maximum atomic E-state index is 6.00. The minimum absolute atomic E-state index is 0.436. The molecule has 0 atom stereocenters. The van der Waals surface area contributed by atoms with Gasteiger partial charge in [-0.3, -0.25) is 4.90 Å². The molecule has 1 aliphatic rings. The van der Waals surface area contributed by atoms with E-state index in [1.54, 1.807) is 11.3 Å². The molecule has 1 saturated carbocycles. The maximum absolute atomic E-state index is 6.00. The topological polar surface area (TPSA) is 42.2 Å². The summed E-state index contributed by atoms with van der Waals surface area (Å²) >= 11 is 1.75. The Balaban J connectivity index is 1.94. The molecule has 1 fully saturated rings. The number of thiazole rings is 1. The lowest BCUT2D eigenvalue weighted by Crippen LogP contribution is -2.40. The van der Waals surface area contributed by atoms with Gasteiger partial charge in [0.05, 0.1) is 10.7 Å². The van der Waals surface area contributed by atoms with Crippen LogP contribution < -0.4 is 5.73 Å². The predicted molar refractivity (Wildman–Crippen MR) is 77.8 cm³/mol. The first-order valence-electron chi connectivity index (χ1n) is 7.09. The molecular weight excluding hydrogens is 242 g/mol. The number of nitrogens with zero attached hydrogens (tertiary/aromatic N) is 2. The number of rotatable bonds is 5. The molecule has 0 aromatic carbocycles. The van der Waals surface area contributed by atoms with Crippen molar-refractivity contribution in [2.45, 2.75) is 64.6 Å². The highest BCUT2D eigenvalue weighted by atomic mass is 32.1. The van der Waals surface area contributed by atoms with Gasteiger partial charge in [-0.05, 0) is 45.6 Å². The zero-order valence-corrected chi connectivity index (χ0v) is 12.4. The van der Waals surface area contributed by atoms with Gasteiger partial charge in [-0.15, -0.1) is 11.3 Å². The fourth-order valence-corrected chi connectivity index (χ4v) is 3.44. The molecule has 0 aliphatic heterocycles. The van der Waals surface area contributed by atoms with Crippen LogP contribution in [0.5, 0.6) is 0 Å². The van der Waals surface area contributed by atoms with Crippen LogP contribution in [0, 0.1) is 6.92 Å². The minimum atomic E-state index is 0.436. The van der Waals surface area contributed by atoms with Crippen molar-refractivity contribution >= 4 is 11.3 Å². The van der Waals surface area contributed by atoms with Crippen LogP contribution in [0.4, 0.5) is 0 Å². The lowest BCUT2D eigenvalue weighted by atomic mass is 9.90. The Kier molecular flexibility index (Phi) is 5.15. The van der Waals surface area contributed by atoms with E-state index in [0.717, 1.165) is 6.54 Å². The Bertz CT molecular complexity index is 356. The van der Waals surface area contributed by atoms with Crippen molar-refractivity contribution in [3.05, 3.63) is 16.1 Å². The van der Waals surface area contributed by atoms with Gasteiger partial charge >= 0.3 is 0 Å². The summed E-state index contributed by atoms with van der Waals surface area (Å²) in [6, 6.07) is 1.15. The molecule has 3 nitrogen and oxygen atoms in total. The van der Waals surface area contributed by atoms with E-state index in [4.69, 9.17) is 5.73 Å². The molecule has 1 aliphatic carbocycles. The fourth-order valence-electron chi connectivity index (χ4n) is 2.83. The van der Waals surface area contributed by atoms with Crippen molar-refractivity contribution in [2.24, 2.45) is 5.73 Å². The zero-order chi connectivity index (χ0) is 13.0. The summed E-state index contributed by atoms with van der Waals surface area (Å²) in [6.45, 7) is 6.53. The molecule has 0 radical (unpaired) electrons. The molecule has 0 saturated heterocycles. The SMILES string of the molecule is CCCN(Cc1csc(C)n1)C1CCC(N)CC1. The van der Waals surface area contributed by atoms with Crippen molar-refractivity contribution in [1.29, 1.82) is 0 Å². The van der Waals surface area contributed by atoms with E-state index in [0.29, 0.717) is 12.1 Å². The first kappa shape index (κ1) is 14.0.